The van der Waals surface area contributed by atoms with Crippen LogP contribution in [0.3, 0.4) is 0 Å². The molecule has 0 aromatic heterocycles. The summed E-state index contributed by atoms with van der Waals surface area (Å²) in [6, 6.07) is 0. The molecule has 0 bridgehead atoms. The first-order valence-electron chi connectivity index (χ1n) is 1.78. The molecule has 36 valence electrons. The van der Waals surface area contributed by atoms with Gasteiger partial charge in [0.1, 0.15) is 0 Å². The van der Waals surface area contributed by atoms with Crippen molar-refractivity contribution < 1.29 is 28.8 Å². The summed E-state index contributed by atoms with van der Waals surface area (Å²) in [7, 11) is 0. The monoisotopic (exact) mass is 94.1 g/mol. The van der Waals surface area contributed by atoms with Gasteiger partial charge in [0.05, 0.1) is 0 Å². The van der Waals surface area contributed by atoms with Crippen LogP contribution in [0.4, 0.5) is 0 Å². The third kappa shape index (κ3) is 10.7. The average molecular weight is 94.0 g/mol. The molecule has 1 N–H and O–H groups in total. The molecular weight excluding hydrogens is 87.0 g/mol. The number of carboxylic acids is 1. The van der Waals surface area contributed by atoms with Crippen molar-refractivity contribution in [3.8, 4) is 0 Å². The third-order valence-corrected chi connectivity index (χ3v) is 0.391. The van der Waals surface area contributed by atoms with E-state index < -0.39 is 5.97 Å². The first kappa shape index (κ1) is 10.1. The summed E-state index contributed by atoms with van der Waals surface area (Å²) >= 11 is 0. The third-order valence-electron chi connectivity index (χ3n) is 0.391. The summed E-state index contributed by atoms with van der Waals surface area (Å²) in [4.78, 5) is 9.56. The molecule has 0 aliphatic heterocycles. The van der Waals surface area contributed by atoms with Gasteiger partial charge < -0.3 is 12.0 Å². The van der Waals surface area contributed by atoms with Crippen LogP contribution in [0.1, 0.15) is 12.8 Å². The second kappa shape index (κ2) is 6.07. The number of hydrogen-bond donors (Lipinski definition) is 1. The smallest absolute Gasteiger partial charge is 0.481 e. The number of aliphatic carboxylic acids is 1. The van der Waals surface area contributed by atoms with Gasteiger partial charge in [-0.15, -0.1) is 0 Å². The zero-order valence-corrected chi connectivity index (χ0v) is 4.48. The second-order valence-electron chi connectivity index (χ2n) is 0.997. The molecule has 0 fully saturated rings. The Bertz CT molecular complexity index is 53.7. The Balaban J connectivity index is 0. The van der Waals surface area contributed by atoms with Crippen LogP contribution in [-0.4, -0.2) is 11.1 Å². The molecule has 0 aromatic carbocycles. The van der Waals surface area contributed by atoms with Crippen molar-refractivity contribution in [1.82, 2.24) is 0 Å². The molecule has 7 heavy (non-hydrogen) atoms. The van der Waals surface area contributed by atoms with Gasteiger partial charge in [-0.3, -0.25) is 4.79 Å². The molecule has 0 amide bonds. The Kier molecular flexibility index (Phi) is 8.78. The summed E-state index contributed by atoms with van der Waals surface area (Å²) in [5, 5.41) is 7.87. The zero-order chi connectivity index (χ0) is 4.99. The van der Waals surface area contributed by atoms with Crippen molar-refractivity contribution in [2.45, 2.75) is 12.8 Å². The van der Waals surface area contributed by atoms with Gasteiger partial charge in [0.2, 0.25) is 0 Å². The largest absolute Gasteiger partial charge is 1.00 e. The number of rotatable bonds is 2. The van der Waals surface area contributed by atoms with E-state index in [2.05, 4.69) is 6.92 Å². The van der Waals surface area contributed by atoms with Crippen LogP contribution in [-0.2, 0) is 4.79 Å². The number of carboxylic acid groups (broad SMARTS) is 1. The normalized spacial score (nSPS) is 7.00. The van der Waals surface area contributed by atoms with Gasteiger partial charge in [0.15, 0.2) is 0 Å². The summed E-state index contributed by atoms with van der Waals surface area (Å²) in [6.07, 6.45) is 0.662. The molecule has 2 nitrogen and oxygen atoms in total. The van der Waals surface area contributed by atoms with Crippen LogP contribution in [0.5, 0.6) is 0 Å². The quantitative estimate of drug-likeness (QED) is 0.308. The van der Waals surface area contributed by atoms with Crippen LogP contribution >= 0.6 is 0 Å². The van der Waals surface area contributed by atoms with Crippen molar-refractivity contribution in [2.75, 3.05) is 0 Å². The van der Waals surface area contributed by atoms with E-state index in [-0.39, 0.29) is 25.3 Å². The Labute approximate surface area is 55.1 Å². The van der Waals surface area contributed by atoms with E-state index in [0.717, 1.165) is 0 Å². The van der Waals surface area contributed by atoms with Gasteiger partial charge in [-0.25, -0.2) is 0 Å². The van der Waals surface area contributed by atoms with Crippen LogP contribution in [0.2, 0.25) is 0 Å². The SMILES string of the molecule is [CH2-]CCC(=O)O.[Li+]. The number of hydrogen-bond acceptors (Lipinski definition) is 1. The summed E-state index contributed by atoms with van der Waals surface area (Å²) in [6.45, 7) is 3.34. The van der Waals surface area contributed by atoms with E-state index in [9.17, 15) is 4.79 Å². The van der Waals surface area contributed by atoms with Crippen molar-refractivity contribution in [3.05, 3.63) is 6.92 Å². The molecule has 0 atom stereocenters. The Hall–Kier alpha value is 0.0674. The fourth-order valence-electron chi connectivity index (χ4n) is 0.151. The molecule has 0 saturated heterocycles. The van der Waals surface area contributed by atoms with Crippen molar-refractivity contribution in [1.29, 1.82) is 0 Å². The van der Waals surface area contributed by atoms with Crippen molar-refractivity contribution in [2.24, 2.45) is 0 Å². The van der Waals surface area contributed by atoms with E-state index in [1.165, 1.54) is 0 Å². The van der Waals surface area contributed by atoms with E-state index >= 15 is 0 Å². The predicted molar refractivity (Wildman–Crippen MR) is 22.2 cm³/mol. The average Bonchev–Trinajstić information content (AvgIpc) is 1.35. The number of carbonyl (C=O) groups is 1. The van der Waals surface area contributed by atoms with E-state index in [1.54, 1.807) is 0 Å². The van der Waals surface area contributed by atoms with Gasteiger partial charge in [-0.1, -0.05) is 0 Å². The van der Waals surface area contributed by atoms with Gasteiger partial charge in [-0.2, -0.15) is 6.42 Å². The first-order valence-corrected chi connectivity index (χ1v) is 1.78. The molecule has 0 aliphatic rings. The fraction of sp³-hybridized carbons (Fsp3) is 0.500. The maximum absolute atomic E-state index is 9.56. The molecule has 0 aromatic rings. The van der Waals surface area contributed by atoms with Crippen molar-refractivity contribution in [3.63, 3.8) is 0 Å². The molecule has 0 radical (unpaired) electrons. The molecule has 0 aliphatic carbocycles. The Morgan fingerprint density at radius 2 is 2.14 bits per heavy atom. The maximum atomic E-state index is 9.56. The molecule has 0 rings (SSSR count). The molecule has 0 heterocycles. The molecule has 0 saturated carbocycles. The van der Waals surface area contributed by atoms with Gasteiger partial charge in [-0.05, 0) is 0 Å². The van der Waals surface area contributed by atoms with Crippen LogP contribution < -0.4 is 18.9 Å². The molecular formula is C4H7LiO2. The van der Waals surface area contributed by atoms with Gasteiger partial charge in [0, 0.05) is 6.42 Å². The van der Waals surface area contributed by atoms with Gasteiger partial charge in [0.25, 0.3) is 0 Å². The molecule has 0 unspecified atom stereocenters. The van der Waals surface area contributed by atoms with Crippen LogP contribution in [0, 0.1) is 6.92 Å². The minimum atomic E-state index is -0.773. The summed E-state index contributed by atoms with van der Waals surface area (Å²) in [5.41, 5.74) is 0. The van der Waals surface area contributed by atoms with E-state index in [4.69, 9.17) is 5.11 Å². The summed E-state index contributed by atoms with van der Waals surface area (Å²) in [5.74, 6) is -0.773. The molecule has 3 heteroatoms. The maximum Gasteiger partial charge on any atom is 1.00 e. The standard InChI is InChI=1S/C4H7O2.Li/c1-2-3-4(5)6;/h1-3H2,(H,5,6);/q-1;+1. The predicted octanol–water partition coefficient (Wildman–Crippen LogP) is -2.31. The summed E-state index contributed by atoms with van der Waals surface area (Å²) < 4.78 is 0. The van der Waals surface area contributed by atoms with E-state index in [1.807, 2.05) is 0 Å². The fourth-order valence-corrected chi connectivity index (χ4v) is 0.151. The topological polar surface area (TPSA) is 37.3 Å². The zero-order valence-electron chi connectivity index (χ0n) is 4.48. The van der Waals surface area contributed by atoms with E-state index in [0.29, 0.717) is 6.42 Å². The molecule has 0 spiro atoms. The van der Waals surface area contributed by atoms with Crippen molar-refractivity contribution >= 4 is 5.97 Å². The first-order chi connectivity index (χ1) is 2.77. The second-order valence-corrected chi connectivity index (χ2v) is 0.997. The van der Waals surface area contributed by atoms with Crippen LogP contribution in [0.15, 0.2) is 0 Å². The van der Waals surface area contributed by atoms with Gasteiger partial charge >= 0.3 is 24.8 Å². The Morgan fingerprint density at radius 1 is 1.71 bits per heavy atom. The van der Waals surface area contributed by atoms with Crippen LogP contribution in [0.25, 0.3) is 0 Å². The minimum Gasteiger partial charge on any atom is -0.481 e. The Morgan fingerprint density at radius 3 is 2.14 bits per heavy atom. The minimum absolute atomic E-state index is 0.